The van der Waals surface area contributed by atoms with E-state index < -0.39 is 30.1 Å². The topological polar surface area (TPSA) is 116 Å². The van der Waals surface area contributed by atoms with Gasteiger partial charge in [0.15, 0.2) is 0 Å². The van der Waals surface area contributed by atoms with Crippen molar-refractivity contribution in [2.24, 2.45) is 5.92 Å². The zero-order chi connectivity index (χ0) is 21.7. The van der Waals surface area contributed by atoms with E-state index in [2.05, 4.69) is 5.32 Å². The van der Waals surface area contributed by atoms with E-state index in [1.54, 1.807) is 6.92 Å². The number of amides is 1. The predicted octanol–water partition coefficient (Wildman–Crippen LogP) is 1.53. The molecule has 1 amide bonds. The summed E-state index contributed by atoms with van der Waals surface area (Å²) in [5, 5.41) is 22.1. The molecule has 0 aliphatic carbocycles. The SMILES string of the molecule is C[C@H](NC(CCc1ccccc1)C(=O)O)C(=O)N1C[C@@H](C2CCCO2)C[C@H]1C(=O)O. The van der Waals surface area contributed by atoms with Gasteiger partial charge in [-0.05, 0) is 44.6 Å². The number of ether oxygens (including phenoxy) is 1. The molecule has 0 aromatic heterocycles. The standard InChI is InChI=1S/C22H30N2O6/c1-14(23-17(21(26)27)10-9-15-6-3-2-4-7-15)20(25)24-13-16(12-18(24)22(28)29)19-8-5-11-30-19/h2-4,6-7,14,16-19,23H,5,8-13H2,1H3,(H,26,27)(H,28,29)/t14-,16-,17?,18-,19?/m0/s1. The Labute approximate surface area is 176 Å². The number of hydrogen-bond donors (Lipinski definition) is 3. The monoisotopic (exact) mass is 418 g/mol. The lowest BCUT2D eigenvalue weighted by Crippen LogP contribution is -2.53. The Kier molecular flexibility index (Phi) is 7.44. The second kappa shape index (κ2) is 10.0. The second-order valence-electron chi connectivity index (χ2n) is 8.20. The highest BCUT2D eigenvalue weighted by molar-refractivity contribution is 5.88. The first-order chi connectivity index (χ1) is 14.4. The smallest absolute Gasteiger partial charge is 0.326 e. The van der Waals surface area contributed by atoms with Crippen molar-refractivity contribution < 1.29 is 29.3 Å². The van der Waals surface area contributed by atoms with Crippen LogP contribution < -0.4 is 5.32 Å². The molecule has 30 heavy (non-hydrogen) atoms. The molecule has 2 saturated heterocycles. The Morgan fingerprint density at radius 2 is 1.97 bits per heavy atom. The number of benzene rings is 1. The van der Waals surface area contributed by atoms with Gasteiger partial charge in [-0.1, -0.05) is 30.3 Å². The summed E-state index contributed by atoms with van der Waals surface area (Å²) >= 11 is 0. The van der Waals surface area contributed by atoms with Crippen LogP contribution in [0, 0.1) is 5.92 Å². The van der Waals surface area contributed by atoms with E-state index in [9.17, 15) is 24.6 Å². The van der Waals surface area contributed by atoms with Crippen molar-refractivity contribution in [3.63, 3.8) is 0 Å². The number of likely N-dealkylation sites (tertiary alicyclic amines) is 1. The number of carboxylic acid groups (broad SMARTS) is 2. The van der Waals surface area contributed by atoms with Crippen LogP contribution in [0.2, 0.25) is 0 Å². The van der Waals surface area contributed by atoms with Crippen molar-refractivity contribution in [1.82, 2.24) is 10.2 Å². The van der Waals surface area contributed by atoms with E-state index in [4.69, 9.17) is 4.74 Å². The molecule has 2 aliphatic heterocycles. The van der Waals surface area contributed by atoms with Crippen molar-refractivity contribution in [3.8, 4) is 0 Å². The first kappa shape index (κ1) is 22.2. The molecular formula is C22H30N2O6. The maximum Gasteiger partial charge on any atom is 0.326 e. The van der Waals surface area contributed by atoms with Crippen molar-refractivity contribution in [1.29, 1.82) is 0 Å². The third-order valence-corrected chi connectivity index (χ3v) is 6.08. The van der Waals surface area contributed by atoms with Gasteiger partial charge in [0, 0.05) is 19.1 Å². The Balaban J connectivity index is 1.61. The van der Waals surface area contributed by atoms with Crippen LogP contribution in [0.4, 0.5) is 0 Å². The number of rotatable bonds is 9. The van der Waals surface area contributed by atoms with Crippen LogP contribution in [-0.4, -0.2) is 70.3 Å². The molecule has 3 N–H and O–H groups in total. The summed E-state index contributed by atoms with van der Waals surface area (Å²) in [5.41, 5.74) is 1.02. The number of carbonyl (C=O) groups excluding carboxylic acids is 1. The van der Waals surface area contributed by atoms with Crippen LogP contribution in [0.5, 0.6) is 0 Å². The largest absolute Gasteiger partial charge is 0.480 e. The normalized spacial score (nSPS) is 25.8. The summed E-state index contributed by atoms with van der Waals surface area (Å²) < 4.78 is 5.70. The van der Waals surface area contributed by atoms with Crippen LogP contribution in [0.3, 0.4) is 0 Å². The molecule has 0 saturated carbocycles. The Hall–Kier alpha value is -2.45. The number of hydrogen-bond acceptors (Lipinski definition) is 5. The summed E-state index contributed by atoms with van der Waals surface area (Å²) in [6.45, 7) is 2.60. The quantitative estimate of drug-likeness (QED) is 0.557. The van der Waals surface area contributed by atoms with E-state index in [0.717, 1.165) is 18.4 Å². The van der Waals surface area contributed by atoms with Gasteiger partial charge in [-0.15, -0.1) is 0 Å². The van der Waals surface area contributed by atoms with Gasteiger partial charge >= 0.3 is 11.9 Å². The zero-order valence-electron chi connectivity index (χ0n) is 17.2. The minimum atomic E-state index is -1.03. The number of aryl methyl sites for hydroxylation is 1. The van der Waals surface area contributed by atoms with Gasteiger partial charge in [0.2, 0.25) is 5.91 Å². The lowest BCUT2D eigenvalue weighted by atomic mass is 9.97. The molecule has 0 bridgehead atoms. The molecule has 164 valence electrons. The van der Waals surface area contributed by atoms with Crippen LogP contribution >= 0.6 is 0 Å². The molecule has 5 atom stereocenters. The van der Waals surface area contributed by atoms with Gasteiger partial charge < -0.3 is 19.8 Å². The van der Waals surface area contributed by atoms with E-state index in [1.807, 2.05) is 30.3 Å². The molecule has 2 aliphatic rings. The van der Waals surface area contributed by atoms with Crippen molar-refractivity contribution in [2.45, 2.75) is 63.3 Å². The summed E-state index contributed by atoms with van der Waals surface area (Å²) in [6.07, 6.45) is 3.09. The van der Waals surface area contributed by atoms with Crippen LogP contribution in [-0.2, 0) is 25.5 Å². The predicted molar refractivity (Wildman–Crippen MR) is 109 cm³/mol. The van der Waals surface area contributed by atoms with Crippen LogP contribution in [0.25, 0.3) is 0 Å². The number of nitrogens with one attached hydrogen (secondary N) is 1. The first-order valence-corrected chi connectivity index (χ1v) is 10.5. The summed E-state index contributed by atoms with van der Waals surface area (Å²) in [7, 11) is 0. The van der Waals surface area contributed by atoms with Crippen molar-refractivity contribution in [2.75, 3.05) is 13.2 Å². The average molecular weight is 418 g/mol. The van der Waals surface area contributed by atoms with Gasteiger partial charge in [-0.2, -0.15) is 0 Å². The van der Waals surface area contributed by atoms with E-state index in [0.29, 0.717) is 32.4 Å². The molecule has 8 nitrogen and oxygen atoms in total. The van der Waals surface area contributed by atoms with Crippen molar-refractivity contribution >= 4 is 17.8 Å². The Bertz CT molecular complexity index is 749. The molecule has 1 aromatic rings. The molecule has 8 heteroatoms. The van der Waals surface area contributed by atoms with E-state index in [-0.39, 0.29) is 17.9 Å². The van der Waals surface area contributed by atoms with Gasteiger partial charge in [0.25, 0.3) is 0 Å². The molecule has 2 unspecified atom stereocenters. The summed E-state index contributed by atoms with van der Waals surface area (Å²) in [4.78, 5) is 37.8. The number of aliphatic carboxylic acids is 2. The fourth-order valence-electron chi connectivity index (χ4n) is 4.45. The molecule has 0 spiro atoms. The highest BCUT2D eigenvalue weighted by Crippen LogP contribution is 2.32. The van der Waals surface area contributed by atoms with Gasteiger partial charge in [-0.25, -0.2) is 4.79 Å². The number of carbonyl (C=O) groups is 3. The third kappa shape index (κ3) is 5.37. The second-order valence-corrected chi connectivity index (χ2v) is 8.20. The van der Waals surface area contributed by atoms with Gasteiger partial charge in [0.05, 0.1) is 12.1 Å². The molecule has 2 fully saturated rings. The maximum atomic E-state index is 13.0. The summed E-state index contributed by atoms with van der Waals surface area (Å²) in [5.74, 6) is -2.44. The van der Waals surface area contributed by atoms with Gasteiger partial charge in [-0.3, -0.25) is 14.9 Å². The lowest BCUT2D eigenvalue weighted by Gasteiger charge is -2.27. The average Bonchev–Trinajstić information content (AvgIpc) is 3.40. The van der Waals surface area contributed by atoms with Crippen LogP contribution in [0.15, 0.2) is 30.3 Å². The number of carboxylic acids is 2. The van der Waals surface area contributed by atoms with Gasteiger partial charge in [0.1, 0.15) is 12.1 Å². The minimum Gasteiger partial charge on any atom is -0.480 e. The minimum absolute atomic E-state index is 0.00176. The Morgan fingerprint density at radius 3 is 2.57 bits per heavy atom. The fraction of sp³-hybridized carbons (Fsp3) is 0.591. The molecule has 3 rings (SSSR count). The molecule has 1 aromatic carbocycles. The maximum absolute atomic E-state index is 13.0. The molecule has 2 heterocycles. The summed E-state index contributed by atoms with van der Waals surface area (Å²) in [6, 6.07) is 6.96. The highest BCUT2D eigenvalue weighted by Gasteiger charge is 2.44. The third-order valence-electron chi connectivity index (χ3n) is 6.08. The zero-order valence-corrected chi connectivity index (χ0v) is 17.2. The van der Waals surface area contributed by atoms with Crippen LogP contribution in [0.1, 0.15) is 38.2 Å². The fourth-order valence-corrected chi connectivity index (χ4v) is 4.45. The lowest BCUT2D eigenvalue weighted by molar-refractivity contribution is -0.149. The molecular weight excluding hydrogens is 388 g/mol. The van der Waals surface area contributed by atoms with E-state index in [1.165, 1.54) is 4.90 Å². The first-order valence-electron chi connectivity index (χ1n) is 10.5. The Morgan fingerprint density at radius 1 is 1.23 bits per heavy atom. The van der Waals surface area contributed by atoms with E-state index >= 15 is 0 Å². The van der Waals surface area contributed by atoms with Crippen molar-refractivity contribution in [3.05, 3.63) is 35.9 Å². The highest BCUT2D eigenvalue weighted by atomic mass is 16.5. The molecule has 0 radical (unpaired) electrons. The number of nitrogens with zero attached hydrogens (tertiary/aromatic N) is 1.